The second-order valence-electron chi connectivity index (χ2n) is 6.94. The van der Waals surface area contributed by atoms with Crippen molar-refractivity contribution in [3.05, 3.63) is 58.6 Å². The van der Waals surface area contributed by atoms with E-state index in [2.05, 4.69) is 18.3 Å². The van der Waals surface area contributed by atoms with Crippen molar-refractivity contribution in [1.82, 2.24) is 15.1 Å². The Balaban J connectivity index is 1.68. The molecule has 1 aromatic carbocycles. The van der Waals surface area contributed by atoms with Crippen molar-refractivity contribution in [2.24, 2.45) is 0 Å². The summed E-state index contributed by atoms with van der Waals surface area (Å²) in [4.78, 5) is 14.0. The second-order valence-corrected chi connectivity index (χ2v) is 7.89. The molecule has 3 heterocycles. The average molecular weight is 382 g/mol. The van der Waals surface area contributed by atoms with E-state index in [1.807, 2.05) is 42.6 Å². The fourth-order valence-corrected chi connectivity index (χ4v) is 4.10. The zero-order valence-electron chi connectivity index (χ0n) is 15.6. The first-order chi connectivity index (χ1) is 13.1. The van der Waals surface area contributed by atoms with Gasteiger partial charge in [-0.1, -0.05) is 23.8 Å². The first-order valence-corrected chi connectivity index (χ1v) is 10.1. The van der Waals surface area contributed by atoms with Crippen LogP contribution in [-0.4, -0.2) is 34.9 Å². The average Bonchev–Trinajstić information content (AvgIpc) is 3.39. The summed E-state index contributed by atoms with van der Waals surface area (Å²) in [6.07, 6.45) is 2.17. The molecule has 0 radical (unpaired) electrons. The molecule has 1 aliphatic heterocycles. The topological polar surface area (TPSA) is 56.2 Å². The Bertz CT molecular complexity index is 940. The number of carbonyl (C=O) groups is 1. The highest BCUT2D eigenvalue weighted by Gasteiger charge is 2.21. The Hall–Kier alpha value is -2.44. The molecular weight excluding hydrogens is 358 g/mol. The van der Waals surface area contributed by atoms with Gasteiger partial charge in [0.15, 0.2) is 0 Å². The van der Waals surface area contributed by atoms with E-state index in [-0.39, 0.29) is 12.0 Å². The van der Waals surface area contributed by atoms with Crippen molar-refractivity contribution in [1.29, 1.82) is 0 Å². The third-order valence-electron chi connectivity index (χ3n) is 4.81. The van der Waals surface area contributed by atoms with Gasteiger partial charge in [0.1, 0.15) is 11.4 Å². The van der Waals surface area contributed by atoms with Crippen molar-refractivity contribution >= 4 is 17.2 Å². The molecule has 0 bridgehead atoms. The van der Waals surface area contributed by atoms with E-state index in [4.69, 9.17) is 9.84 Å². The number of carbonyl (C=O) groups excluding carboxylic acids is 1. The van der Waals surface area contributed by atoms with E-state index in [1.54, 1.807) is 16.0 Å². The predicted octanol–water partition coefficient (Wildman–Crippen LogP) is 4.13. The molecule has 4 rings (SSSR count). The van der Waals surface area contributed by atoms with Gasteiger partial charge in [-0.25, -0.2) is 4.68 Å². The van der Waals surface area contributed by atoms with E-state index >= 15 is 0 Å². The Morgan fingerprint density at radius 3 is 2.93 bits per heavy atom. The summed E-state index contributed by atoms with van der Waals surface area (Å²) in [5, 5.41) is 9.78. The molecule has 1 saturated heterocycles. The van der Waals surface area contributed by atoms with Gasteiger partial charge < -0.3 is 10.1 Å². The van der Waals surface area contributed by atoms with Gasteiger partial charge in [-0.15, -0.1) is 11.3 Å². The van der Waals surface area contributed by atoms with E-state index < -0.39 is 0 Å². The van der Waals surface area contributed by atoms with Crippen molar-refractivity contribution in [2.75, 3.05) is 13.2 Å². The lowest BCUT2D eigenvalue weighted by Crippen LogP contribution is -2.33. The zero-order valence-corrected chi connectivity index (χ0v) is 16.4. The highest BCUT2D eigenvalue weighted by atomic mass is 32.1. The summed E-state index contributed by atoms with van der Waals surface area (Å²) in [5.74, 6) is -0.124. The van der Waals surface area contributed by atoms with Gasteiger partial charge in [0, 0.05) is 13.2 Å². The molecule has 27 heavy (non-hydrogen) atoms. The third-order valence-corrected chi connectivity index (χ3v) is 5.70. The normalized spacial score (nSPS) is 16.6. The minimum Gasteiger partial charge on any atom is -0.376 e. The second kappa shape index (κ2) is 7.66. The lowest BCUT2D eigenvalue weighted by molar-refractivity contribution is 0.0851. The number of aromatic nitrogens is 2. The molecule has 0 aliphatic carbocycles. The Kier molecular flexibility index (Phi) is 5.09. The largest absolute Gasteiger partial charge is 0.376 e. The first kappa shape index (κ1) is 17.9. The number of benzene rings is 1. The van der Waals surface area contributed by atoms with Gasteiger partial charge in [0.25, 0.3) is 5.91 Å². The minimum absolute atomic E-state index is 0.114. The molecule has 1 aliphatic rings. The van der Waals surface area contributed by atoms with E-state index in [0.717, 1.165) is 41.3 Å². The van der Waals surface area contributed by atoms with Crippen LogP contribution >= 0.6 is 11.3 Å². The number of thiophene rings is 1. The van der Waals surface area contributed by atoms with Crippen LogP contribution in [0.4, 0.5) is 0 Å². The molecule has 0 spiro atoms. The zero-order chi connectivity index (χ0) is 18.8. The smallest absolute Gasteiger partial charge is 0.270 e. The lowest BCUT2D eigenvalue weighted by atomic mass is 10.1. The summed E-state index contributed by atoms with van der Waals surface area (Å²) in [5.41, 5.74) is 4.55. The number of rotatable bonds is 5. The molecule has 140 valence electrons. The molecule has 6 heteroatoms. The number of ether oxygens (including phenoxy) is 1. The van der Waals surface area contributed by atoms with Crippen LogP contribution in [-0.2, 0) is 4.74 Å². The molecule has 1 N–H and O–H groups in total. The highest BCUT2D eigenvalue weighted by molar-refractivity contribution is 7.13. The van der Waals surface area contributed by atoms with Gasteiger partial charge >= 0.3 is 0 Å². The van der Waals surface area contributed by atoms with Crippen LogP contribution in [0.2, 0.25) is 0 Å². The summed E-state index contributed by atoms with van der Waals surface area (Å²) >= 11 is 1.62. The molecule has 3 aromatic rings. The van der Waals surface area contributed by atoms with E-state index in [1.165, 1.54) is 5.56 Å². The Morgan fingerprint density at radius 1 is 1.33 bits per heavy atom. The highest BCUT2D eigenvalue weighted by Crippen LogP contribution is 2.27. The third kappa shape index (κ3) is 3.82. The van der Waals surface area contributed by atoms with Gasteiger partial charge in [-0.2, -0.15) is 5.10 Å². The van der Waals surface area contributed by atoms with Crippen LogP contribution in [0.1, 0.15) is 34.5 Å². The molecule has 5 nitrogen and oxygen atoms in total. The fraction of sp³-hybridized carbons (Fsp3) is 0.333. The molecule has 1 atom stereocenters. The van der Waals surface area contributed by atoms with Crippen LogP contribution < -0.4 is 5.32 Å². The maximum Gasteiger partial charge on any atom is 0.270 e. The number of hydrogen-bond acceptors (Lipinski definition) is 4. The van der Waals surface area contributed by atoms with Crippen LogP contribution in [0.15, 0.2) is 41.8 Å². The first-order valence-electron chi connectivity index (χ1n) is 9.23. The van der Waals surface area contributed by atoms with Gasteiger partial charge in [0.05, 0.1) is 16.7 Å². The SMILES string of the molecule is Cc1ccc(-n2nc(-c3cccs3)cc2C(=O)NC[C@H]2CCCO2)c(C)c1. The van der Waals surface area contributed by atoms with Crippen molar-refractivity contribution in [3.8, 4) is 16.3 Å². The molecule has 1 amide bonds. The van der Waals surface area contributed by atoms with Crippen LogP contribution in [0.5, 0.6) is 0 Å². The number of nitrogens with zero attached hydrogens (tertiary/aromatic N) is 2. The summed E-state index contributed by atoms with van der Waals surface area (Å²) in [6, 6.07) is 12.1. The van der Waals surface area contributed by atoms with Crippen LogP contribution in [0.25, 0.3) is 16.3 Å². The molecule has 2 aromatic heterocycles. The van der Waals surface area contributed by atoms with Gasteiger partial charge in [-0.3, -0.25) is 4.79 Å². The van der Waals surface area contributed by atoms with Crippen LogP contribution in [0.3, 0.4) is 0 Å². The monoisotopic (exact) mass is 381 g/mol. The van der Waals surface area contributed by atoms with Crippen molar-refractivity contribution in [2.45, 2.75) is 32.8 Å². The Morgan fingerprint density at radius 2 is 2.22 bits per heavy atom. The summed E-state index contributed by atoms with van der Waals surface area (Å²) in [6.45, 7) is 5.42. The quantitative estimate of drug-likeness (QED) is 0.723. The van der Waals surface area contributed by atoms with Gasteiger partial charge in [-0.05, 0) is 55.8 Å². The minimum atomic E-state index is -0.124. The van der Waals surface area contributed by atoms with E-state index in [0.29, 0.717) is 12.2 Å². The molecule has 0 saturated carbocycles. The van der Waals surface area contributed by atoms with Crippen molar-refractivity contribution < 1.29 is 9.53 Å². The van der Waals surface area contributed by atoms with Gasteiger partial charge in [0.2, 0.25) is 0 Å². The fourth-order valence-electron chi connectivity index (χ4n) is 3.42. The predicted molar refractivity (Wildman–Crippen MR) is 108 cm³/mol. The molecule has 1 fully saturated rings. The number of nitrogens with one attached hydrogen (secondary N) is 1. The van der Waals surface area contributed by atoms with Crippen LogP contribution in [0, 0.1) is 13.8 Å². The standard InChI is InChI=1S/C21H23N3O2S/c1-14-7-8-18(15(2)11-14)24-19(12-17(23-24)20-6-4-10-27-20)21(25)22-13-16-5-3-9-26-16/h4,6-8,10-12,16H,3,5,9,13H2,1-2H3,(H,22,25)/t16-/m1/s1. The summed E-state index contributed by atoms with van der Waals surface area (Å²) in [7, 11) is 0. The van der Waals surface area contributed by atoms with Crippen molar-refractivity contribution in [3.63, 3.8) is 0 Å². The molecular formula is C21H23N3O2S. The number of amides is 1. The maximum absolute atomic E-state index is 12.9. The Labute approximate surface area is 163 Å². The number of hydrogen-bond donors (Lipinski definition) is 1. The van der Waals surface area contributed by atoms with E-state index in [9.17, 15) is 4.79 Å². The lowest BCUT2D eigenvalue weighted by Gasteiger charge is -2.13. The summed E-state index contributed by atoms with van der Waals surface area (Å²) < 4.78 is 7.37. The maximum atomic E-state index is 12.9. The molecule has 0 unspecified atom stereocenters. The number of aryl methyl sites for hydroxylation is 2.